The molecule has 0 saturated carbocycles. The van der Waals surface area contributed by atoms with Crippen molar-refractivity contribution in [2.75, 3.05) is 14.1 Å². The molecule has 0 unspecified atom stereocenters. The predicted molar refractivity (Wildman–Crippen MR) is 71.7 cm³/mol. The fraction of sp³-hybridized carbons (Fsp3) is 0.333. The van der Waals surface area contributed by atoms with Crippen molar-refractivity contribution in [1.82, 2.24) is 4.90 Å². The Morgan fingerprint density at radius 1 is 1.40 bits per heavy atom. The van der Waals surface area contributed by atoms with Crippen LogP contribution in [0.2, 0.25) is 5.02 Å². The van der Waals surface area contributed by atoms with Crippen molar-refractivity contribution in [3.05, 3.63) is 38.9 Å². The number of esters is 1. The lowest BCUT2D eigenvalue weighted by Gasteiger charge is -2.17. The summed E-state index contributed by atoms with van der Waals surface area (Å²) in [6.07, 6.45) is -0.979. The van der Waals surface area contributed by atoms with Gasteiger partial charge in [-0.2, -0.15) is 0 Å². The molecule has 0 aliphatic heterocycles. The van der Waals surface area contributed by atoms with Gasteiger partial charge in [-0.25, -0.2) is 4.79 Å². The molecule has 0 aromatic heterocycles. The van der Waals surface area contributed by atoms with Gasteiger partial charge in [0.1, 0.15) is 5.02 Å². The summed E-state index contributed by atoms with van der Waals surface area (Å²) < 4.78 is 4.94. The third-order valence-electron chi connectivity index (χ3n) is 2.45. The van der Waals surface area contributed by atoms with Crippen LogP contribution in [0.4, 0.5) is 5.69 Å². The van der Waals surface area contributed by atoms with E-state index in [0.717, 1.165) is 6.07 Å². The lowest BCUT2D eigenvalue weighted by molar-refractivity contribution is -0.384. The van der Waals surface area contributed by atoms with Gasteiger partial charge in [0, 0.05) is 20.2 Å². The molecular weight excluding hydrogens is 288 g/mol. The number of benzene rings is 1. The first-order chi connectivity index (χ1) is 9.23. The molecule has 108 valence electrons. The number of hydrogen-bond donors (Lipinski definition) is 0. The number of carbonyl (C=O) groups excluding carboxylic acids is 2. The SMILES string of the molecule is C[C@H](OC(=O)c1ccc(Cl)c([N+](=O)[O-])c1)C(=O)N(C)C. The number of rotatable bonds is 4. The second-order valence-corrected chi connectivity index (χ2v) is 4.61. The van der Waals surface area contributed by atoms with E-state index in [-0.39, 0.29) is 16.5 Å². The molecule has 1 amide bonds. The Labute approximate surface area is 120 Å². The highest BCUT2D eigenvalue weighted by Gasteiger charge is 2.22. The van der Waals surface area contributed by atoms with Crippen LogP contribution < -0.4 is 0 Å². The zero-order chi connectivity index (χ0) is 15.4. The van der Waals surface area contributed by atoms with Crippen molar-refractivity contribution in [2.45, 2.75) is 13.0 Å². The van der Waals surface area contributed by atoms with Crippen LogP contribution >= 0.6 is 11.6 Å². The van der Waals surface area contributed by atoms with Crippen LogP contribution in [-0.4, -0.2) is 41.9 Å². The van der Waals surface area contributed by atoms with Gasteiger partial charge in [0.25, 0.3) is 11.6 Å². The van der Waals surface area contributed by atoms with Crippen molar-refractivity contribution in [3.8, 4) is 0 Å². The summed E-state index contributed by atoms with van der Waals surface area (Å²) >= 11 is 5.64. The first-order valence-electron chi connectivity index (χ1n) is 5.60. The van der Waals surface area contributed by atoms with Crippen molar-refractivity contribution >= 4 is 29.2 Å². The summed E-state index contributed by atoms with van der Waals surface area (Å²) in [5.41, 5.74) is -0.438. The molecule has 7 nitrogen and oxygen atoms in total. The van der Waals surface area contributed by atoms with Crippen LogP contribution in [0.3, 0.4) is 0 Å². The van der Waals surface area contributed by atoms with Gasteiger partial charge in [-0.1, -0.05) is 11.6 Å². The molecule has 0 bridgehead atoms. The highest BCUT2D eigenvalue weighted by Crippen LogP contribution is 2.25. The van der Waals surface area contributed by atoms with E-state index in [2.05, 4.69) is 0 Å². The summed E-state index contributed by atoms with van der Waals surface area (Å²) in [4.78, 5) is 34.7. The van der Waals surface area contributed by atoms with Gasteiger partial charge in [-0.3, -0.25) is 14.9 Å². The fourth-order valence-electron chi connectivity index (χ4n) is 1.42. The number of likely N-dealkylation sites (N-methyl/N-ethyl adjacent to an activating group) is 1. The van der Waals surface area contributed by atoms with E-state index in [4.69, 9.17) is 16.3 Å². The molecule has 0 N–H and O–H groups in total. The van der Waals surface area contributed by atoms with Gasteiger partial charge in [0.15, 0.2) is 6.10 Å². The summed E-state index contributed by atoms with van der Waals surface area (Å²) in [6, 6.07) is 3.54. The molecule has 20 heavy (non-hydrogen) atoms. The molecule has 1 rings (SSSR count). The molecule has 0 aliphatic rings. The standard InChI is InChI=1S/C12H13ClN2O5/c1-7(11(16)14(2)3)20-12(17)8-4-5-9(13)10(6-8)15(18)19/h4-7H,1-3H3/t7-/m0/s1. The van der Waals surface area contributed by atoms with Gasteiger partial charge in [-0.15, -0.1) is 0 Å². The number of hydrogen-bond acceptors (Lipinski definition) is 5. The largest absolute Gasteiger partial charge is 0.449 e. The Hall–Kier alpha value is -2.15. The highest BCUT2D eigenvalue weighted by molar-refractivity contribution is 6.32. The molecule has 0 spiro atoms. The van der Waals surface area contributed by atoms with Crippen molar-refractivity contribution in [1.29, 1.82) is 0 Å². The van der Waals surface area contributed by atoms with Gasteiger partial charge in [-0.05, 0) is 19.1 Å². The lowest BCUT2D eigenvalue weighted by Crippen LogP contribution is -2.34. The molecule has 0 radical (unpaired) electrons. The monoisotopic (exact) mass is 300 g/mol. The maximum atomic E-state index is 11.8. The second-order valence-electron chi connectivity index (χ2n) is 4.20. The summed E-state index contributed by atoms with van der Waals surface area (Å²) in [6.45, 7) is 1.42. The van der Waals surface area contributed by atoms with E-state index in [9.17, 15) is 19.7 Å². The van der Waals surface area contributed by atoms with E-state index in [1.165, 1.54) is 38.1 Å². The Kier molecular flexibility index (Phi) is 5.04. The van der Waals surface area contributed by atoms with Crippen LogP contribution in [0.15, 0.2) is 18.2 Å². The third kappa shape index (κ3) is 3.67. The highest BCUT2D eigenvalue weighted by atomic mass is 35.5. The van der Waals surface area contributed by atoms with Crippen LogP contribution in [-0.2, 0) is 9.53 Å². The molecule has 0 heterocycles. The van der Waals surface area contributed by atoms with E-state index in [1.54, 1.807) is 0 Å². The summed E-state index contributed by atoms with van der Waals surface area (Å²) in [7, 11) is 3.06. The molecule has 8 heteroatoms. The molecule has 1 aromatic rings. The normalized spacial score (nSPS) is 11.6. The van der Waals surface area contributed by atoms with Crippen molar-refractivity contribution in [2.24, 2.45) is 0 Å². The number of ether oxygens (including phenoxy) is 1. The summed E-state index contributed by atoms with van der Waals surface area (Å²) in [5, 5.41) is 10.6. The molecule has 1 aromatic carbocycles. The predicted octanol–water partition coefficient (Wildman–Crippen LogP) is 1.88. The Bertz CT molecular complexity index is 559. The number of nitro groups is 1. The maximum Gasteiger partial charge on any atom is 0.339 e. The summed E-state index contributed by atoms with van der Waals surface area (Å²) in [5.74, 6) is -1.21. The first-order valence-corrected chi connectivity index (χ1v) is 5.98. The van der Waals surface area contributed by atoms with Crippen LogP contribution in [0, 0.1) is 10.1 Å². The van der Waals surface area contributed by atoms with Gasteiger partial charge >= 0.3 is 5.97 Å². The zero-order valence-electron chi connectivity index (χ0n) is 11.1. The molecular formula is C12H13ClN2O5. The number of nitro benzene ring substituents is 1. The smallest absolute Gasteiger partial charge is 0.339 e. The van der Waals surface area contributed by atoms with Crippen LogP contribution in [0.1, 0.15) is 17.3 Å². The first kappa shape index (κ1) is 15.9. The minimum absolute atomic E-state index is 0.0421. The molecule has 1 atom stereocenters. The number of halogens is 1. The van der Waals surface area contributed by atoms with Crippen molar-refractivity contribution < 1.29 is 19.2 Å². The van der Waals surface area contributed by atoms with Gasteiger partial charge in [0.2, 0.25) is 0 Å². The number of nitrogens with zero attached hydrogens (tertiary/aromatic N) is 2. The zero-order valence-corrected chi connectivity index (χ0v) is 11.9. The van der Waals surface area contributed by atoms with Crippen LogP contribution in [0.5, 0.6) is 0 Å². The fourth-order valence-corrected chi connectivity index (χ4v) is 1.61. The van der Waals surface area contributed by atoms with E-state index in [0.29, 0.717) is 0 Å². The van der Waals surface area contributed by atoms with Crippen LogP contribution in [0.25, 0.3) is 0 Å². The minimum atomic E-state index is -0.979. The molecule has 0 aliphatic carbocycles. The minimum Gasteiger partial charge on any atom is -0.449 e. The Morgan fingerprint density at radius 3 is 2.50 bits per heavy atom. The maximum absolute atomic E-state index is 11.8. The third-order valence-corrected chi connectivity index (χ3v) is 2.77. The van der Waals surface area contributed by atoms with Crippen molar-refractivity contribution in [3.63, 3.8) is 0 Å². The van der Waals surface area contributed by atoms with Gasteiger partial charge in [0.05, 0.1) is 10.5 Å². The lowest BCUT2D eigenvalue weighted by atomic mass is 10.2. The number of amides is 1. The average Bonchev–Trinajstić information content (AvgIpc) is 2.37. The van der Waals surface area contributed by atoms with E-state index >= 15 is 0 Å². The topological polar surface area (TPSA) is 89.7 Å². The Balaban J connectivity index is 2.91. The Morgan fingerprint density at radius 2 is 2.00 bits per heavy atom. The average molecular weight is 301 g/mol. The molecule has 0 saturated heterocycles. The number of carbonyl (C=O) groups is 2. The van der Waals surface area contributed by atoms with E-state index in [1.807, 2.05) is 0 Å². The quantitative estimate of drug-likeness (QED) is 0.481. The second kappa shape index (κ2) is 6.33. The van der Waals surface area contributed by atoms with E-state index < -0.39 is 22.7 Å². The van der Waals surface area contributed by atoms with Gasteiger partial charge < -0.3 is 9.64 Å². The molecule has 0 fully saturated rings.